The monoisotopic (exact) mass is 216 g/mol. The molecule has 0 spiro atoms. The van der Waals surface area contributed by atoms with Crippen molar-refractivity contribution in [1.29, 1.82) is 0 Å². The van der Waals surface area contributed by atoms with E-state index < -0.39 is 8.32 Å². The number of hydrogen-bond acceptors (Lipinski definition) is 1. The molecule has 0 aromatic heterocycles. The van der Waals surface area contributed by atoms with Crippen molar-refractivity contribution >= 4 is 8.32 Å². The van der Waals surface area contributed by atoms with Gasteiger partial charge in [-0.1, -0.05) is 47.0 Å². The molecule has 0 amide bonds. The summed E-state index contributed by atoms with van der Waals surface area (Å²) in [4.78, 5) is 10.1. The highest BCUT2D eigenvalue weighted by Gasteiger charge is 2.37. The second-order valence-electron chi connectivity index (χ2n) is 5.85. The fourth-order valence-corrected chi connectivity index (χ4v) is 2.19. The molecule has 0 aliphatic rings. The van der Waals surface area contributed by atoms with E-state index in [1.165, 1.54) is 25.7 Å². The van der Waals surface area contributed by atoms with E-state index in [2.05, 4.69) is 40.8 Å². The normalized spacial score (nSPS) is 15.6. The Hall–Kier alpha value is 0.177. The quantitative estimate of drug-likeness (QED) is 0.660. The minimum atomic E-state index is -1.97. The van der Waals surface area contributed by atoms with Crippen LogP contribution in [0.3, 0.4) is 0 Å². The van der Waals surface area contributed by atoms with Crippen molar-refractivity contribution in [3.05, 3.63) is 0 Å². The summed E-state index contributed by atoms with van der Waals surface area (Å²) in [6, 6.07) is 0. The third kappa shape index (κ3) is 4.60. The second-order valence-corrected chi connectivity index (χ2v) is 10.3. The van der Waals surface area contributed by atoms with E-state index in [1.54, 1.807) is 0 Å². The summed E-state index contributed by atoms with van der Waals surface area (Å²) < 4.78 is 0. The Balaban J connectivity index is 3.89. The molecule has 0 radical (unpaired) electrons. The van der Waals surface area contributed by atoms with Gasteiger partial charge in [0.1, 0.15) is 0 Å². The molecule has 0 saturated carbocycles. The first-order valence-electron chi connectivity index (χ1n) is 5.93. The Morgan fingerprint density at radius 3 is 2.14 bits per heavy atom. The van der Waals surface area contributed by atoms with Gasteiger partial charge in [0.15, 0.2) is 8.32 Å². The molecule has 1 atom stereocenters. The molecule has 1 N–H and O–H groups in total. The van der Waals surface area contributed by atoms with E-state index in [0.717, 1.165) is 5.92 Å². The summed E-state index contributed by atoms with van der Waals surface area (Å²) in [6.45, 7) is 13.1. The molecule has 1 nitrogen and oxygen atoms in total. The Morgan fingerprint density at radius 1 is 1.29 bits per heavy atom. The Bertz CT molecular complexity index is 158. The highest BCUT2D eigenvalue weighted by molar-refractivity contribution is 6.72. The Kier molecular flexibility index (Phi) is 5.38. The second kappa shape index (κ2) is 5.31. The van der Waals surface area contributed by atoms with E-state index >= 15 is 0 Å². The van der Waals surface area contributed by atoms with Gasteiger partial charge in [0.2, 0.25) is 0 Å². The van der Waals surface area contributed by atoms with Crippen LogP contribution in [-0.2, 0) is 0 Å². The fourth-order valence-electron chi connectivity index (χ4n) is 1.40. The molecule has 0 heterocycles. The van der Waals surface area contributed by atoms with E-state index in [0.29, 0.717) is 0 Å². The summed E-state index contributed by atoms with van der Waals surface area (Å²) in [5.41, 5.74) is 0. The van der Waals surface area contributed by atoms with Crippen LogP contribution in [0.1, 0.15) is 53.4 Å². The third-order valence-corrected chi connectivity index (χ3v) is 7.41. The highest BCUT2D eigenvalue weighted by Crippen LogP contribution is 2.40. The van der Waals surface area contributed by atoms with Gasteiger partial charge in [-0.05, 0) is 30.5 Å². The molecule has 14 heavy (non-hydrogen) atoms. The van der Waals surface area contributed by atoms with Crippen molar-refractivity contribution < 1.29 is 4.80 Å². The van der Waals surface area contributed by atoms with Crippen LogP contribution in [0.25, 0.3) is 0 Å². The lowest BCUT2D eigenvalue weighted by atomic mass is 9.97. The van der Waals surface area contributed by atoms with Crippen molar-refractivity contribution in [3.8, 4) is 0 Å². The zero-order valence-electron chi connectivity index (χ0n) is 10.9. The summed E-state index contributed by atoms with van der Waals surface area (Å²) in [5, 5.41) is 0.167. The minimum Gasteiger partial charge on any atom is -0.432 e. The van der Waals surface area contributed by atoms with Crippen LogP contribution < -0.4 is 0 Å². The van der Waals surface area contributed by atoms with Gasteiger partial charge in [-0.25, -0.2) is 0 Å². The molecule has 0 aliphatic heterocycles. The zero-order chi connectivity index (χ0) is 11.4. The van der Waals surface area contributed by atoms with Gasteiger partial charge in [0.25, 0.3) is 0 Å². The van der Waals surface area contributed by atoms with Crippen molar-refractivity contribution in [2.24, 2.45) is 5.92 Å². The average Bonchev–Trinajstić information content (AvgIpc) is 2.01. The Labute approximate surface area is 91.1 Å². The first kappa shape index (κ1) is 14.2. The predicted molar refractivity (Wildman–Crippen MR) is 67.0 cm³/mol. The molecule has 86 valence electrons. The molecule has 0 aromatic carbocycles. The van der Waals surface area contributed by atoms with Crippen LogP contribution in [0.5, 0.6) is 0 Å². The predicted octanol–water partition coefficient (Wildman–Crippen LogP) is 4.18. The summed E-state index contributed by atoms with van der Waals surface area (Å²) in [6.07, 6.45) is 5.02. The van der Waals surface area contributed by atoms with E-state index in [1.807, 2.05) is 0 Å². The van der Waals surface area contributed by atoms with Crippen molar-refractivity contribution in [2.45, 2.75) is 71.5 Å². The lowest BCUT2D eigenvalue weighted by Crippen LogP contribution is -2.38. The molecule has 0 rings (SSSR count). The lowest BCUT2D eigenvalue weighted by molar-refractivity contribution is 0.411. The maximum absolute atomic E-state index is 10.1. The van der Waals surface area contributed by atoms with Gasteiger partial charge in [0.05, 0.1) is 0 Å². The van der Waals surface area contributed by atoms with Crippen LogP contribution in [0, 0.1) is 5.92 Å². The molecule has 0 aliphatic carbocycles. The van der Waals surface area contributed by atoms with Crippen LogP contribution >= 0.6 is 0 Å². The molecule has 2 heteroatoms. The molecule has 0 bridgehead atoms. The molecule has 1 unspecified atom stereocenters. The first-order valence-corrected chi connectivity index (χ1v) is 8.88. The summed E-state index contributed by atoms with van der Waals surface area (Å²) in [5.74, 6) is 0.842. The van der Waals surface area contributed by atoms with E-state index in [4.69, 9.17) is 0 Å². The molecular formula is C12H28OSi. The van der Waals surface area contributed by atoms with Gasteiger partial charge in [-0.2, -0.15) is 0 Å². The van der Waals surface area contributed by atoms with Gasteiger partial charge in [-0.3, -0.25) is 0 Å². The van der Waals surface area contributed by atoms with E-state index in [9.17, 15) is 4.80 Å². The Morgan fingerprint density at radius 2 is 1.79 bits per heavy atom. The minimum absolute atomic E-state index is 0.167. The van der Waals surface area contributed by atoms with Crippen LogP contribution in [0.15, 0.2) is 0 Å². The van der Waals surface area contributed by atoms with Gasteiger partial charge < -0.3 is 4.80 Å². The van der Waals surface area contributed by atoms with Crippen molar-refractivity contribution in [1.82, 2.24) is 0 Å². The van der Waals surface area contributed by atoms with E-state index in [-0.39, 0.29) is 5.04 Å². The zero-order valence-corrected chi connectivity index (χ0v) is 11.9. The van der Waals surface area contributed by atoms with Gasteiger partial charge in [0, 0.05) is 0 Å². The standard InChI is InChI=1S/C12H28OSi/c1-7-11(2)9-8-10-12(3,4)14(5,6)13/h11,13H,7-10H2,1-6H3. The van der Waals surface area contributed by atoms with Crippen LogP contribution in [0.2, 0.25) is 18.1 Å². The highest BCUT2D eigenvalue weighted by atomic mass is 28.4. The van der Waals surface area contributed by atoms with Gasteiger partial charge in [-0.15, -0.1) is 0 Å². The van der Waals surface area contributed by atoms with Crippen LogP contribution in [0.4, 0.5) is 0 Å². The van der Waals surface area contributed by atoms with Crippen molar-refractivity contribution in [2.75, 3.05) is 0 Å². The fraction of sp³-hybridized carbons (Fsp3) is 1.00. The lowest BCUT2D eigenvalue weighted by Gasteiger charge is -2.35. The molecular weight excluding hydrogens is 188 g/mol. The largest absolute Gasteiger partial charge is 0.432 e. The first-order chi connectivity index (χ1) is 6.20. The third-order valence-electron chi connectivity index (χ3n) is 3.85. The maximum atomic E-state index is 10.1. The molecule has 0 aromatic rings. The van der Waals surface area contributed by atoms with Crippen LogP contribution in [-0.4, -0.2) is 13.1 Å². The number of hydrogen-bond donors (Lipinski definition) is 1. The maximum Gasteiger partial charge on any atom is 0.188 e. The SMILES string of the molecule is CCC(C)CCCC(C)(C)[Si](C)(C)O. The average molecular weight is 216 g/mol. The van der Waals surface area contributed by atoms with Gasteiger partial charge >= 0.3 is 0 Å². The summed E-state index contributed by atoms with van der Waals surface area (Å²) >= 11 is 0. The summed E-state index contributed by atoms with van der Waals surface area (Å²) in [7, 11) is -1.97. The topological polar surface area (TPSA) is 20.2 Å². The molecule has 0 saturated heterocycles. The smallest absolute Gasteiger partial charge is 0.188 e. The van der Waals surface area contributed by atoms with Crippen molar-refractivity contribution in [3.63, 3.8) is 0 Å². The molecule has 0 fully saturated rings. The number of rotatable bonds is 6.